The molecule has 0 fully saturated rings. The van der Waals surface area contributed by atoms with Gasteiger partial charge in [0, 0.05) is 11.3 Å². The molecule has 5 heteroatoms. The summed E-state index contributed by atoms with van der Waals surface area (Å²) in [7, 11) is 0. The summed E-state index contributed by atoms with van der Waals surface area (Å²) in [5, 5.41) is 11.2. The molecule has 2 aromatic carbocycles. The van der Waals surface area contributed by atoms with Gasteiger partial charge in [-0.1, -0.05) is 23.7 Å². The van der Waals surface area contributed by atoms with Crippen molar-refractivity contribution >= 4 is 23.2 Å². The molecule has 3 nitrogen and oxygen atoms in total. The Balaban J connectivity index is 2.11. The van der Waals surface area contributed by atoms with Gasteiger partial charge in [0.2, 0.25) is 0 Å². The smallest absolute Gasteiger partial charge is 0.255 e. The molecule has 1 amide bonds. The average Bonchev–Trinajstić information content (AvgIpc) is 2.44. The molecule has 1 N–H and O–H groups in total. The summed E-state index contributed by atoms with van der Waals surface area (Å²) < 4.78 is 13.3. The number of benzene rings is 2. The molecular formula is C15H10ClFN2O. The van der Waals surface area contributed by atoms with E-state index in [0.717, 1.165) is 11.6 Å². The number of rotatable bonds is 3. The SMILES string of the molecule is N#CCc1ccc(NC(=O)c2ccc(Cl)c(F)c2)cc1. The zero-order chi connectivity index (χ0) is 14.5. The minimum Gasteiger partial charge on any atom is -0.322 e. The Morgan fingerprint density at radius 3 is 2.55 bits per heavy atom. The summed E-state index contributed by atoms with van der Waals surface area (Å²) >= 11 is 5.56. The maximum absolute atomic E-state index is 13.3. The predicted molar refractivity (Wildman–Crippen MR) is 75.1 cm³/mol. The monoisotopic (exact) mass is 288 g/mol. The van der Waals surface area contributed by atoms with Crippen molar-refractivity contribution in [1.29, 1.82) is 5.26 Å². The number of carbonyl (C=O) groups is 1. The summed E-state index contributed by atoms with van der Waals surface area (Å²) in [4.78, 5) is 11.9. The van der Waals surface area contributed by atoms with Crippen LogP contribution in [0.25, 0.3) is 0 Å². The van der Waals surface area contributed by atoms with Gasteiger partial charge in [-0.2, -0.15) is 5.26 Å². The molecule has 0 aliphatic heterocycles. The topological polar surface area (TPSA) is 52.9 Å². The molecule has 0 unspecified atom stereocenters. The lowest BCUT2D eigenvalue weighted by molar-refractivity contribution is 0.102. The van der Waals surface area contributed by atoms with Crippen molar-refractivity contribution < 1.29 is 9.18 Å². The minimum absolute atomic E-state index is 0.0255. The van der Waals surface area contributed by atoms with Gasteiger partial charge in [0.1, 0.15) is 5.82 Å². The van der Waals surface area contributed by atoms with Crippen molar-refractivity contribution in [3.63, 3.8) is 0 Å². The summed E-state index contributed by atoms with van der Waals surface area (Å²) in [6.45, 7) is 0. The first-order valence-electron chi connectivity index (χ1n) is 5.82. The fourth-order valence-corrected chi connectivity index (χ4v) is 1.76. The van der Waals surface area contributed by atoms with E-state index in [0.29, 0.717) is 12.1 Å². The number of anilines is 1. The molecule has 20 heavy (non-hydrogen) atoms. The second-order valence-corrected chi connectivity index (χ2v) is 4.52. The van der Waals surface area contributed by atoms with Gasteiger partial charge in [0.05, 0.1) is 17.5 Å². The number of amides is 1. The maximum atomic E-state index is 13.3. The third-order valence-corrected chi connectivity index (χ3v) is 2.98. The number of halogens is 2. The van der Waals surface area contributed by atoms with Crippen LogP contribution in [-0.2, 0) is 6.42 Å². The number of nitrogens with zero attached hydrogens (tertiary/aromatic N) is 1. The van der Waals surface area contributed by atoms with E-state index in [1.54, 1.807) is 24.3 Å². The van der Waals surface area contributed by atoms with Crippen LogP contribution in [0.15, 0.2) is 42.5 Å². The Morgan fingerprint density at radius 1 is 1.25 bits per heavy atom. The minimum atomic E-state index is -0.635. The number of carbonyl (C=O) groups excluding carboxylic acids is 1. The normalized spacial score (nSPS) is 9.85. The quantitative estimate of drug-likeness (QED) is 0.934. The molecule has 100 valence electrons. The third kappa shape index (κ3) is 3.34. The summed E-state index contributed by atoms with van der Waals surface area (Å²) in [6, 6.07) is 12.8. The number of hydrogen-bond donors (Lipinski definition) is 1. The van der Waals surface area contributed by atoms with Crippen molar-refractivity contribution in [3.8, 4) is 6.07 Å². The highest BCUT2D eigenvalue weighted by Crippen LogP contribution is 2.17. The van der Waals surface area contributed by atoms with E-state index in [4.69, 9.17) is 16.9 Å². The fourth-order valence-electron chi connectivity index (χ4n) is 1.64. The Kier molecular flexibility index (Phi) is 4.34. The van der Waals surface area contributed by atoms with Gasteiger partial charge in [0.25, 0.3) is 5.91 Å². The molecule has 2 rings (SSSR count). The largest absolute Gasteiger partial charge is 0.322 e. The van der Waals surface area contributed by atoms with Crippen LogP contribution >= 0.6 is 11.6 Å². The van der Waals surface area contributed by atoms with Gasteiger partial charge in [-0.05, 0) is 35.9 Å². The lowest BCUT2D eigenvalue weighted by atomic mass is 10.1. The molecule has 0 aromatic heterocycles. The van der Waals surface area contributed by atoms with Crippen LogP contribution in [0.5, 0.6) is 0 Å². The number of nitriles is 1. The molecule has 0 saturated heterocycles. The molecule has 0 saturated carbocycles. The molecular weight excluding hydrogens is 279 g/mol. The van der Waals surface area contributed by atoms with Gasteiger partial charge >= 0.3 is 0 Å². The maximum Gasteiger partial charge on any atom is 0.255 e. The van der Waals surface area contributed by atoms with Gasteiger partial charge < -0.3 is 5.32 Å². The first-order valence-corrected chi connectivity index (χ1v) is 6.20. The average molecular weight is 289 g/mol. The fraction of sp³-hybridized carbons (Fsp3) is 0.0667. The molecule has 0 spiro atoms. The molecule has 0 radical (unpaired) electrons. The van der Waals surface area contributed by atoms with E-state index < -0.39 is 11.7 Å². The van der Waals surface area contributed by atoms with Crippen LogP contribution in [0.3, 0.4) is 0 Å². The zero-order valence-corrected chi connectivity index (χ0v) is 11.1. The molecule has 0 aliphatic rings. The van der Waals surface area contributed by atoms with Crippen LogP contribution in [-0.4, -0.2) is 5.91 Å². The highest BCUT2D eigenvalue weighted by atomic mass is 35.5. The number of hydrogen-bond acceptors (Lipinski definition) is 2. The van der Waals surface area contributed by atoms with E-state index in [-0.39, 0.29) is 10.6 Å². The van der Waals surface area contributed by atoms with Crippen LogP contribution in [0, 0.1) is 17.1 Å². The van der Waals surface area contributed by atoms with Gasteiger partial charge in [-0.15, -0.1) is 0 Å². The van der Waals surface area contributed by atoms with E-state index >= 15 is 0 Å². The third-order valence-electron chi connectivity index (χ3n) is 2.68. The second kappa shape index (κ2) is 6.18. The van der Waals surface area contributed by atoms with Crippen LogP contribution in [0.4, 0.5) is 10.1 Å². The molecule has 2 aromatic rings. The van der Waals surface area contributed by atoms with Crippen molar-refractivity contribution in [2.24, 2.45) is 0 Å². The standard InChI is InChI=1S/C15H10ClFN2O/c16-13-6-3-11(9-14(13)17)15(20)19-12-4-1-10(2-5-12)7-8-18/h1-6,9H,7H2,(H,19,20). The first-order chi connectivity index (χ1) is 9.60. The molecule has 0 atom stereocenters. The Bertz CT molecular complexity index is 677. The first kappa shape index (κ1) is 14.0. The lowest BCUT2D eigenvalue weighted by Gasteiger charge is -2.06. The zero-order valence-electron chi connectivity index (χ0n) is 10.4. The van der Waals surface area contributed by atoms with E-state index in [9.17, 15) is 9.18 Å². The second-order valence-electron chi connectivity index (χ2n) is 4.11. The summed E-state index contributed by atoms with van der Waals surface area (Å²) in [6.07, 6.45) is 0.316. The van der Waals surface area contributed by atoms with E-state index in [1.807, 2.05) is 6.07 Å². The molecule has 0 heterocycles. The van der Waals surface area contributed by atoms with Crippen LogP contribution in [0.1, 0.15) is 15.9 Å². The Hall–Kier alpha value is -2.38. The Labute approximate surface area is 120 Å². The molecule has 0 aliphatic carbocycles. The van der Waals surface area contributed by atoms with E-state index in [1.165, 1.54) is 12.1 Å². The van der Waals surface area contributed by atoms with Gasteiger partial charge in [-0.25, -0.2) is 4.39 Å². The van der Waals surface area contributed by atoms with E-state index in [2.05, 4.69) is 5.32 Å². The highest BCUT2D eigenvalue weighted by molar-refractivity contribution is 6.30. The Morgan fingerprint density at radius 2 is 1.95 bits per heavy atom. The van der Waals surface area contributed by atoms with Crippen LogP contribution < -0.4 is 5.32 Å². The molecule has 0 bridgehead atoms. The van der Waals surface area contributed by atoms with Crippen molar-refractivity contribution in [2.75, 3.05) is 5.32 Å². The summed E-state index contributed by atoms with van der Waals surface area (Å²) in [5.74, 6) is -1.06. The number of nitrogens with one attached hydrogen (secondary N) is 1. The van der Waals surface area contributed by atoms with Crippen molar-refractivity contribution in [3.05, 3.63) is 64.4 Å². The summed E-state index contributed by atoms with van der Waals surface area (Å²) in [5.41, 5.74) is 1.63. The van der Waals surface area contributed by atoms with Gasteiger partial charge in [0.15, 0.2) is 0 Å². The van der Waals surface area contributed by atoms with Crippen molar-refractivity contribution in [2.45, 2.75) is 6.42 Å². The highest BCUT2D eigenvalue weighted by Gasteiger charge is 2.09. The predicted octanol–water partition coefficient (Wildman–Crippen LogP) is 3.80. The van der Waals surface area contributed by atoms with Crippen LogP contribution in [0.2, 0.25) is 5.02 Å². The van der Waals surface area contributed by atoms with Gasteiger partial charge in [-0.3, -0.25) is 4.79 Å². The lowest BCUT2D eigenvalue weighted by Crippen LogP contribution is -2.12. The van der Waals surface area contributed by atoms with Crippen molar-refractivity contribution in [1.82, 2.24) is 0 Å².